The van der Waals surface area contributed by atoms with E-state index in [0.29, 0.717) is 6.54 Å². The second-order valence-corrected chi connectivity index (χ2v) is 7.22. The second-order valence-electron chi connectivity index (χ2n) is 7.22. The number of benzene rings is 2. The summed E-state index contributed by atoms with van der Waals surface area (Å²) in [5.41, 5.74) is 5.35. The van der Waals surface area contributed by atoms with Gasteiger partial charge in [-0.3, -0.25) is 9.59 Å². The van der Waals surface area contributed by atoms with Crippen molar-refractivity contribution < 1.29 is 14.5 Å². The zero-order chi connectivity index (χ0) is 19.8. The average Bonchev–Trinajstić information content (AvgIpc) is 2.58. The number of amides is 2. The fourth-order valence-corrected chi connectivity index (χ4v) is 3.22. The summed E-state index contributed by atoms with van der Waals surface area (Å²) in [6.07, 6.45) is 0.804. The third kappa shape index (κ3) is 6.87. The first-order valence-electron chi connectivity index (χ1n) is 9.34. The molecule has 0 radical (unpaired) electrons. The molecule has 0 saturated carbocycles. The van der Waals surface area contributed by atoms with Gasteiger partial charge in [0.25, 0.3) is 11.8 Å². The van der Waals surface area contributed by atoms with Crippen LogP contribution in [0.3, 0.4) is 0 Å². The van der Waals surface area contributed by atoms with E-state index in [-0.39, 0.29) is 24.9 Å². The number of quaternary nitrogens is 1. The SMILES string of the molecule is Cc1cc(C)c(NC(=O)C[NH+](C)CC(=O)NCCc2ccccc2)c(C)c1. The van der Waals surface area contributed by atoms with Crippen LogP contribution in [0.1, 0.15) is 22.3 Å². The third-order valence-electron chi connectivity index (χ3n) is 4.44. The summed E-state index contributed by atoms with van der Waals surface area (Å²) < 4.78 is 0. The Morgan fingerprint density at radius 1 is 0.926 bits per heavy atom. The van der Waals surface area contributed by atoms with E-state index in [1.54, 1.807) is 0 Å². The number of anilines is 1. The van der Waals surface area contributed by atoms with E-state index in [4.69, 9.17) is 0 Å². The van der Waals surface area contributed by atoms with Crippen molar-refractivity contribution in [2.45, 2.75) is 27.2 Å². The van der Waals surface area contributed by atoms with Crippen LogP contribution in [0.15, 0.2) is 42.5 Å². The fourth-order valence-electron chi connectivity index (χ4n) is 3.22. The van der Waals surface area contributed by atoms with Gasteiger partial charge in [0.1, 0.15) is 0 Å². The molecule has 2 aromatic carbocycles. The zero-order valence-corrected chi connectivity index (χ0v) is 16.7. The molecule has 0 aliphatic carbocycles. The van der Waals surface area contributed by atoms with Gasteiger partial charge in [-0.1, -0.05) is 48.0 Å². The van der Waals surface area contributed by atoms with Crippen LogP contribution in [0.5, 0.6) is 0 Å². The van der Waals surface area contributed by atoms with Gasteiger partial charge in [0.2, 0.25) is 0 Å². The van der Waals surface area contributed by atoms with E-state index in [9.17, 15) is 9.59 Å². The Kier molecular flexibility index (Phi) is 7.55. The lowest BCUT2D eigenvalue weighted by Crippen LogP contribution is -3.11. The lowest BCUT2D eigenvalue weighted by Gasteiger charge is -2.16. The van der Waals surface area contributed by atoms with Crippen LogP contribution < -0.4 is 15.5 Å². The molecule has 0 saturated heterocycles. The average molecular weight is 369 g/mol. The molecule has 0 aliphatic heterocycles. The van der Waals surface area contributed by atoms with E-state index < -0.39 is 0 Å². The molecule has 5 heteroatoms. The van der Waals surface area contributed by atoms with Crippen LogP contribution in [-0.2, 0) is 16.0 Å². The maximum absolute atomic E-state index is 12.3. The molecule has 1 unspecified atom stereocenters. The third-order valence-corrected chi connectivity index (χ3v) is 4.44. The van der Waals surface area contributed by atoms with Crippen molar-refractivity contribution in [3.8, 4) is 0 Å². The Hall–Kier alpha value is -2.66. The maximum atomic E-state index is 12.3. The highest BCUT2D eigenvalue weighted by Gasteiger charge is 2.15. The van der Waals surface area contributed by atoms with Crippen molar-refractivity contribution >= 4 is 17.5 Å². The highest BCUT2D eigenvalue weighted by Crippen LogP contribution is 2.21. The van der Waals surface area contributed by atoms with Crippen LogP contribution in [0.2, 0.25) is 0 Å². The summed E-state index contributed by atoms with van der Waals surface area (Å²) in [7, 11) is 1.85. The van der Waals surface area contributed by atoms with Crippen molar-refractivity contribution in [3.63, 3.8) is 0 Å². The first-order chi connectivity index (χ1) is 12.8. The lowest BCUT2D eigenvalue weighted by molar-refractivity contribution is -0.862. The number of rotatable bonds is 8. The first kappa shape index (κ1) is 20.6. The minimum atomic E-state index is -0.0837. The number of hydrogen-bond acceptors (Lipinski definition) is 2. The van der Waals surface area contributed by atoms with Crippen molar-refractivity contribution in [2.75, 3.05) is 32.0 Å². The minimum absolute atomic E-state index is 0.0427. The van der Waals surface area contributed by atoms with Gasteiger partial charge in [-0.25, -0.2) is 0 Å². The van der Waals surface area contributed by atoms with Crippen LogP contribution in [0.4, 0.5) is 5.69 Å². The molecule has 5 nitrogen and oxygen atoms in total. The quantitative estimate of drug-likeness (QED) is 0.660. The second kappa shape index (κ2) is 9.88. The molecule has 2 amide bonds. The summed E-state index contributed by atoms with van der Waals surface area (Å²) in [5, 5.41) is 5.90. The molecule has 27 heavy (non-hydrogen) atoms. The van der Waals surface area contributed by atoms with E-state index in [0.717, 1.165) is 28.1 Å². The normalized spacial score (nSPS) is 11.7. The largest absolute Gasteiger partial charge is 0.351 e. The molecule has 1 atom stereocenters. The molecule has 0 aliphatic rings. The number of aryl methyl sites for hydroxylation is 3. The van der Waals surface area contributed by atoms with Crippen molar-refractivity contribution in [2.24, 2.45) is 0 Å². The number of nitrogens with one attached hydrogen (secondary N) is 3. The number of hydrogen-bond donors (Lipinski definition) is 3. The topological polar surface area (TPSA) is 62.6 Å². The van der Waals surface area contributed by atoms with Gasteiger partial charge in [0, 0.05) is 12.2 Å². The zero-order valence-electron chi connectivity index (χ0n) is 16.7. The van der Waals surface area contributed by atoms with E-state index in [1.807, 2.05) is 58.2 Å². The standard InChI is InChI=1S/C22H29N3O2/c1-16-12-17(2)22(18(3)13-16)24-21(27)15-25(4)14-20(26)23-11-10-19-8-6-5-7-9-19/h5-9,12-13H,10-11,14-15H2,1-4H3,(H,23,26)(H,24,27)/p+1. The smallest absolute Gasteiger partial charge is 0.279 e. The Morgan fingerprint density at radius 3 is 2.15 bits per heavy atom. The van der Waals surface area contributed by atoms with E-state index in [1.165, 1.54) is 11.1 Å². The molecule has 144 valence electrons. The van der Waals surface area contributed by atoms with Crippen molar-refractivity contribution in [1.82, 2.24) is 5.32 Å². The number of carbonyl (C=O) groups excluding carboxylic acids is 2. The summed E-state index contributed by atoms with van der Waals surface area (Å²) in [4.78, 5) is 25.2. The maximum Gasteiger partial charge on any atom is 0.279 e. The molecular weight excluding hydrogens is 338 g/mol. The predicted molar refractivity (Wildman–Crippen MR) is 109 cm³/mol. The molecule has 0 heterocycles. The first-order valence-corrected chi connectivity index (χ1v) is 9.34. The lowest BCUT2D eigenvalue weighted by atomic mass is 10.1. The van der Waals surface area contributed by atoms with Gasteiger partial charge < -0.3 is 15.5 Å². The number of carbonyl (C=O) groups is 2. The molecule has 0 aromatic heterocycles. The van der Waals surface area contributed by atoms with Gasteiger partial charge in [0.15, 0.2) is 13.1 Å². The van der Waals surface area contributed by atoms with Crippen molar-refractivity contribution in [1.29, 1.82) is 0 Å². The fraction of sp³-hybridized carbons (Fsp3) is 0.364. The molecule has 3 N–H and O–H groups in total. The molecule has 0 bridgehead atoms. The van der Waals surface area contributed by atoms with Gasteiger partial charge in [-0.2, -0.15) is 0 Å². The Bertz CT molecular complexity index is 764. The van der Waals surface area contributed by atoms with Crippen LogP contribution in [-0.4, -0.2) is 38.5 Å². The minimum Gasteiger partial charge on any atom is -0.351 e. The molecule has 2 rings (SSSR count). The van der Waals surface area contributed by atoms with Gasteiger partial charge in [-0.05, 0) is 43.9 Å². The summed E-state index contributed by atoms with van der Waals surface area (Å²) in [6, 6.07) is 14.2. The van der Waals surface area contributed by atoms with E-state index >= 15 is 0 Å². The highest BCUT2D eigenvalue weighted by molar-refractivity contribution is 5.93. The van der Waals surface area contributed by atoms with Gasteiger partial charge in [-0.15, -0.1) is 0 Å². The Balaban J connectivity index is 1.75. The molecule has 0 fully saturated rings. The monoisotopic (exact) mass is 368 g/mol. The molecule has 0 spiro atoms. The molecular formula is C22H30N3O2+. The van der Waals surface area contributed by atoms with E-state index in [2.05, 4.69) is 22.8 Å². The van der Waals surface area contributed by atoms with Crippen molar-refractivity contribution in [3.05, 3.63) is 64.7 Å². The summed E-state index contributed by atoms with van der Waals surface area (Å²) in [6.45, 7) is 7.15. The summed E-state index contributed by atoms with van der Waals surface area (Å²) in [5.74, 6) is -0.126. The Labute approximate surface area is 161 Å². The van der Waals surface area contributed by atoms with Crippen LogP contribution in [0.25, 0.3) is 0 Å². The van der Waals surface area contributed by atoms with Crippen LogP contribution >= 0.6 is 0 Å². The Morgan fingerprint density at radius 2 is 1.52 bits per heavy atom. The van der Waals surface area contributed by atoms with Gasteiger partial charge in [0.05, 0.1) is 7.05 Å². The van der Waals surface area contributed by atoms with Crippen LogP contribution in [0, 0.1) is 20.8 Å². The van der Waals surface area contributed by atoms with Gasteiger partial charge >= 0.3 is 0 Å². The number of likely N-dealkylation sites (N-methyl/N-ethyl adjacent to an activating group) is 1. The highest BCUT2D eigenvalue weighted by atomic mass is 16.2. The summed E-state index contributed by atoms with van der Waals surface area (Å²) >= 11 is 0. The molecule has 2 aromatic rings. The predicted octanol–water partition coefficient (Wildman–Crippen LogP) is 1.42.